The number of Topliss-reactive ketones (excluding diaryl/α,β-unsaturated/α-hetero) is 1. The van der Waals surface area contributed by atoms with Crippen LogP contribution in [0.5, 0.6) is 0 Å². The van der Waals surface area contributed by atoms with Gasteiger partial charge in [0.1, 0.15) is 12.4 Å². The molecule has 0 aliphatic carbocycles. The number of nitrogens with zero attached hydrogens (tertiary/aromatic N) is 4. The molecule has 2 amide bonds. The van der Waals surface area contributed by atoms with Gasteiger partial charge in [-0.2, -0.15) is 4.98 Å². The highest BCUT2D eigenvalue weighted by molar-refractivity contribution is 6.08. The van der Waals surface area contributed by atoms with E-state index in [4.69, 9.17) is 5.11 Å². The summed E-state index contributed by atoms with van der Waals surface area (Å²) >= 11 is 0. The smallest absolute Gasteiger partial charge is 0.330 e. The molecule has 1 aromatic heterocycles. The molecule has 1 aliphatic heterocycles. The van der Waals surface area contributed by atoms with E-state index < -0.39 is 12.4 Å². The molecule has 0 fully saturated rings. The fourth-order valence-corrected chi connectivity index (χ4v) is 2.97. The molecule has 0 radical (unpaired) electrons. The van der Waals surface area contributed by atoms with Gasteiger partial charge in [-0.25, -0.2) is 9.78 Å². The molecule has 2 heterocycles. The van der Waals surface area contributed by atoms with E-state index in [2.05, 4.69) is 15.3 Å². The molecule has 0 bridgehead atoms. The van der Waals surface area contributed by atoms with E-state index in [-0.39, 0.29) is 18.6 Å². The van der Waals surface area contributed by atoms with Crippen molar-refractivity contribution in [3.05, 3.63) is 41.6 Å². The minimum atomic E-state index is -0.633. The summed E-state index contributed by atoms with van der Waals surface area (Å²) in [5.74, 6) is 0.324. The number of amides is 2. The van der Waals surface area contributed by atoms with Crippen molar-refractivity contribution < 1.29 is 14.7 Å². The standard InChI is InChI=1S/C19H23N5O3/c1-12(2)21-18-20-8-14-9-23(16-7-5-4-6-13(16)3)19(27)24(17(14)22-18)10-15(26)11-25/h4-8,12,25H,9-11H2,1-3H3,(H,20,21,22). The Balaban J connectivity index is 2.04. The van der Waals surface area contributed by atoms with Crippen LogP contribution in [0.1, 0.15) is 25.0 Å². The maximum atomic E-state index is 13.2. The molecule has 0 saturated heterocycles. The molecule has 3 rings (SSSR count). The lowest BCUT2D eigenvalue weighted by Crippen LogP contribution is -2.50. The highest BCUT2D eigenvalue weighted by Crippen LogP contribution is 2.32. The number of hydrogen-bond donors (Lipinski definition) is 2. The maximum Gasteiger partial charge on any atom is 0.330 e. The first-order chi connectivity index (χ1) is 12.9. The molecular formula is C19H23N5O3. The third kappa shape index (κ3) is 3.90. The quantitative estimate of drug-likeness (QED) is 0.809. The van der Waals surface area contributed by atoms with Crippen LogP contribution in [-0.2, 0) is 11.3 Å². The van der Waals surface area contributed by atoms with Crippen LogP contribution >= 0.6 is 0 Å². The molecule has 27 heavy (non-hydrogen) atoms. The third-order valence-corrected chi connectivity index (χ3v) is 4.22. The zero-order valence-corrected chi connectivity index (χ0v) is 15.6. The number of hydrogen-bond acceptors (Lipinski definition) is 6. The van der Waals surface area contributed by atoms with Crippen LogP contribution in [0.15, 0.2) is 30.5 Å². The summed E-state index contributed by atoms with van der Waals surface area (Å²) in [5, 5.41) is 12.3. The SMILES string of the molecule is Cc1ccccc1N1Cc2cnc(NC(C)C)nc2N(CC(=O)CO)C1=O. The average molecular weight is 369 g/mol. The summed E-state index contributed by atoms with van der Waals surface area (Å²) < 4.78 is 0. The molecule has 142 valence electrons. The summed E-state index contributed by atoms with van der Waals surface area (Å²) in [6.07, 6.45) is 1.67. The highest BCUT2D eigenvalue weighted by atomic mass is 16.3. The second kappa shape index (κ2) is 7.71. The largest absolute Gasteiger partial charge is 0.389 e. The minimum absolute atomic E-state index is 0.123. The monoisotopic (exact) mass is 369 g/mol. The fraction of sp³-hybridized carbons (Fsp3) is 0.368. The number of aromatic nitrogens is 2. The number of nitrogens with one attached hydrogen (secondary N) is 1. The van der Waals surface area contributed by atoms with Crippen LogP contribution in [0.4, 0.5) is 22.2 Å². The number of fused-ring (bicyclic) bond motifs is 1. The first-order valence-corrected chi connectivity index (χ1v) is 8.80. The number of ketones is 1. The van der Waals surface area contributed by atoms with Crippen molar-refractivity contribution in [2.75, 3.05) is 28.3 Å². The number of aliphatic hydroxyl groups is 1. The van der Waals surface area contributed by atoms with Gasteiger partial charge in [-0.3, -0.25) is 14.6 Å². The van der Waals surface area contributed by atoms with Crippen LogP contribution in [-0.4, -0.2) is 46.1 Å². The number of urea groups is 1. The van der Waals surface area contributed by atoms with Gasteiger partial charge in [0.05, 0.1) is 13.1 Å². The van der Waals surface area contributed by atoms with Gasteiger partial charge < -0.3 is 10.4 Å². The van der Waals surface area contributed by atoms with Gasteiger partial charge in [0, 0.05) is 23.5 Å². The lowest BCUT2D eigenvalue weighted by atomic mass is 10.1. The van der Waals surface area contributed by atoms with E-state index in [0.29, 0.717) is 18.3 Å². The molecule has 0 spiro atoms. The molecule has 8 nitrogen and oxygen atoms in total. The number of anilines is 3. The van der Waals surface area contributed by atoms with Crippen LogP contribution < -0.4 is 15.1 Å². The van der Waals surface area contributed by atoms with Crippen LogP contribution in [0.25, 0.3) is 0 Å². The van der Waals surface area contributed by atoms with E-state index in [1.165, 1.54) is 4.90 Å². The van der Waals surface area contributed by atoms with E-state index in [0.717, 1.165) is 16.8 Å². The molecule has 2 aromatic rings. The van der Waals surface area contributed by atoms with E-state index in [1.807, 2.05) is 45.0 Å². The molecule has 1 aromatic carbocycles. The first-order valence-electron chi connectivity index (χ1n) is 8.80. The number of aryl methyl sites for hydroxylation is 1. The number of benzene rings is 1. The zero-order valence-electron chi connectivity index (χ0n) is 15.6. The van der Waals surface area contributed by atoms with Gasteiger partial charge in [0.2, 0.25) is 5.95 Å². The Labute approximate surface area is 157 Å². The predicted octanol–water partition coefficient (Wildman–Crippen LogP) is 2.11. The molecule has 2 N–H and O–H groups in total. The van der Waals surface area contributed by atoms with Crippen molar-refractivity contribution >= 4 is 29.3 Å². The number of carbonyl (C=O) groups is 2. The highest BCUT2D eigenvalue weighted by Gasteiger charge is 2.34. The average Bonchev–Trinajstić information content (AvgIpc) is 2.64. The van der Waals surface area contributed by atoms with Gasteiger partial charge in [0.15, 0.2) is 5.78 Å². The van der Waals surface area contributed by atoms with Gasteiger partial charge in [-0.15, -0.1) is 0 Å². The summed E-state index contributed by atoms with van der Waals surface area (Å²) in [6.45, 7) is 5.27. The lowest BCUT2D eigenvalue weighted by Gasteiger charge is -2.36. The summed E-state index contributed by atoms with van der Waals surface area (Å²) in [6, 6.07) is 7.32. The van der Waals surface area contributed by atoms with Crippen LogP contribution in [0, 0.1) is 6.92 Å². The Morgan fingerprint density at radius 2 is 2.07 bits per heavy atom. The Morgan fingerprint density at radius 3 is 2.74 bits per heavy atom. The number of carbonyl (C=O) groups excluding carboxylic acids is 2. The summed E-state index contributed by atoms with van der Waals surface area (Å²) in [4.78, 5) is 36.7. The van der Waals surface area contributed by atoms with Crippen LogP contribution in [0.2, 0.25) is 0 Å². The summed E-state index contributed by atoms with van der Waals surface area (Å²) in [7, 11) is 0. The Kier molecular flexibility index (Phi) is 5.36. The topological polar surface area (TPSA) is 98.7 Å². The Bertz CT molecular complexity index is 868. The van der Waals surface area contributed by atoms with Crippen molar-refractivity contribution in [1.82, 2.24) is 9.97 Å². The van der Waals surface area contributed by atoms with E-state index >= 15 is 0 Å². The maximum absolute atomic E-state index is 13.2. The van der Waals surface area contributed by atoms with E-state index in [1.54, 1.807) is 11.1 Å². The van der Waals surface area contributed by atoms with Gasteiger partial charge in [-0.05, 0) is 32.4 Å². The molecule has 0 saturated carbocycles. The van der Waals surface area contributed by atoms with Crippen LogP contribution in [0.3, 0.4) is 0 Å². The van der Waals surface area contributed by atoms with Crippen molar-refractivity contribution in [2.24, 2.45) is 0 Å². The first kappa shape index (κ1) is 18.8. The minimum Gasteiger partial charge on any atom is -0.389 e. The normalized spacial score (nSPS) is 13.7. The Hall–Kier alpha value is -3.00. The molecule has 1 aliphatic rings. The zero-order chi connectivity index (χ0) is 19.6. The molecular weight excluding hydrogens is 346 g/mol. The predicted molar refractivity (Wildman–Crippen MR) is 103 cm³/mol. The van der Waals surface area contributed by atoms with Crippen molar-refractivity contribution in [2.45, 2.75) is 33.4 Å². The fourth-order valence-electron chi connectivity index (χ4n) is 2.97. The van der Waals surface area contributed by atoms with Crippen molar-refractivity contribution in [3.8, 4) is 0 Å². The lowest BCUT2D eigenvalue weighted by molar-refractivity contribution is -0.120. The number of aliphatic hydroxyl groups excluding tert-OH is 1. The summed E-state index contributed by atoms with van der Waals surface area (Å²) in [5.41, 5.74) is 2.44. The Morgan fingerprint density at radius 1 is 1.33 bits per heavy atom. The molecule has 8 heteroatoms. The second-order valence-corrected chi connectivity index (χ2v) is 6.78. The van der Waals surface area contributed by atoms with Gasteiger partial charge >= 0.3 is 6.03 Å². The molecule has 0 atom stereocenters. The van der Waals surface area contributed by atoms with Crippen molar-refractivity contribution in [3.63, 3.8) is 0 Å². The molecule has 0 unspecified atom stereocenters. The van der Waals surface area contributed by atoms with Crippen molar-refractivity contribution in [1.29, 1.82) is 0 Å². The number of rotatable bonds is 6. The second-order valence-electron chi connectivity index (χ2n) is 6.78. The van der Waals surface area contributed by atoms with Gasteiger partial charge in [-0.1, -0.05) is 18.2 Å². The van der Waals surface area contributed by atoms with Gasteiger partial charge in [0.25, 0.3) is 0 Å². The third-order valence-electron chi connectivity index (χ3n) is 4.22. The van der Waals surface area contributed by atoms with E-state index in [9.17, 15) is 9.59 Å². The number of para-hydroxylation sites is 1.